The highest BCUT2D eigenvalue weighted by Gasteiger charge is 2.60. The highest BCUT2D eigenvalue weighted by Crippen LogP contribution is 2.40. The van der Waals surface area contributed by atoms with Crippen molar-refractivity contribution in [2.45, 2.75) is 24.0 Å². The van der Waals surface area contributed by atoms with E-state index in [0.29, 0.717) is 6.29 Å². The average molecular weight is 399 g/mol. The Labute approximate surface area is 163 Å². The molecule has 0 bridgehead atoms. The largest absolute Gasteiger partial charge is 0.394 e. The third-order valence-corrected chi connectivity index (χ3v) is 4.95. The lowest BCUT2D eigenvalue weighted by atomic mass is 9.92. The van der Waals surface area contributed by atoms with Crippen molar-refractivity contribution in [3.63, 3.8) is 0 Å². The van der Waals surface area contributed by atoms with Crippen molar-refractivity contribution in [2.24, 2.45) is 0 Å². The highest BCUT2D eigenvalue weighted by molar-refractivity contribution is 6.03. The van der Waals surface area contributed by atoms with Crippen LogP contribution in [0.25, 0.3) is 11.2 Å². The number of Topliss-reactive ketones (excluding diaryl/α,β-unsaturated/α-hetero) is 1. The third-order valence-electron chi connectivity index (χ3n) is 4.95. The van der Waals surface area contributed by atoms with Gasteiger partial charge in [-0.2, -0.15) is 0 Å². The van der Waals surface area contributed by atoms with Crippen molar-refractivity contribution in [2.75, 3.05) is 12.3 Å². The van der Waals surface area contributed by atoms with Crippen LogP contribution < -0.4 is 5.73 Å². The van der Waals surface area contributed by atoms with Gasteiger partial charge in [-0.25, -0.2) is 15.0 Å². The van der Waals surface area contributed by atoms with Crippen molar-refractivity contribution in [1.82, 2.24) is 19.5 Å². The number of carbonyl (C=O) groups excluding carboxylic acids is 2. The molecule has 4 atom stereocenters. The van der Waals surface area contributed by atoms with Crippen LogP contribution in [0.15, 0.2) is 36.9 Å². The number of nitrogens with two attached hydrogens (primary N) is 1. The molecule has 5 N–H and O–H groups in total. The molecule has 1 aromatic carbocycles. The van der Waals surface area contributed by atoms with E-state index in [-0.39, 0.29) is 28.1 Å². The van der Waals surface area contributed by atoms with Gasteiger partial charge in [0.05, 0.1) is 6.61 Å². The molecule has 3 heterocycles. The molecule has 0 amide bonds. The van der Waals surface area contributed by atoms with E-state index in [0.717, 1.165) is 10.9 Å². The third kappa shape index (κ3) is 2.71. The summed E-state index contributed by atoms with van der Waals surface area (Å²) in [5.74, 6) is -0.716. The number of anilines is 1. The topological polar surface area (TPSA) is 174 Å². The molecule has 11 heteroatoms. The van der Waals surface area contributed by atoms with Crippen LogP contribution in [-0.4, -0.2) is 71.8 Å². The van der Waals surface area contributed by atoms with Gasteiger partial charge in [-0.3, -0.25) is 14.2 Å². The fourth-order valence-electron chi connectivity index (χ4n) is 3.50. The number of aliphatic hydroxyl groups excluding tert-OH is 3. The molecule has 1 aliphatic heterocycles. The number of ketones is 1. The molecule has 11 nitrogen and oxygen atoms in total. The number of imidazole rings is 1. The quantitative estimate of drug-likeness (QED) is 0.303. The summed E-state index contributed by atoms with van der Waals surface area (Å²) in [4.78, 5) is 36.7. The first kappa shape index (κ1) is 19.1. The van der Waals surface area contributed by atoms with Crippen LogP contribution in [0.5, 0.6) is 0 Å². The molecule has 4 rings (SSSR count). The van der Waals surface area contributed by atoms with Crippen LogP contribution in [0.3, 0.4) is 0 Å². The van der Waals surface area contributed by atoms with E-state index in [4.69, 9.17) is 10.5 Å². The zero-order valence-electron chi connectivity index (χ0n) is 14.9. The van der Waals surface area contributed by atoms with Gasteiger partial charge in [0.25, 0.3) is 0 Å². The first-order valence-corrected chi connectivity index (χ1v) is 8.63. The predicted molar refractivity (Wildman–Crippen MR) is 97.8 cm³/mol. The summed E-state index contributed by atoms with van der Waals surface area (Å²) >= 11 is 0. The zero-order chi connectivity index (χ0) is 20.8. The molecule has 0 unspecified atom stereocenters. The predicted octanol–water partition coefficient (Wildman–Crippen LogP) is -1.13. The van der Waals surface area contributed by atoms with E-state index in [1.54, 1.807) is 0 Å². The molecule has 1 aliphatic rings. The molecule has 0 saturated carbocycles. The Morgan fingerprint density at radius 3 is 2.79 bits per heavy atom. The van der Waals surface area contributed by atoms with E-state index in [9.17, 15) is 24.9 Å². The van der Waals surface area contributed by atoms with Gasteiger partial charge < -0.3 is 25.8 Å². The minimum absolute atomic E-state index is 0.0447. The Balaban J connectivity index is 1.96. The maximum absolute atomic E-state index is 13.6. The van der Waals surface area contributed by atoms with Crippen LogP contribution in [0, 0.1) is 0 Å². The van der Waals surface area contributed by atoms with Crippen LogP contribution in [0.2, 0.25) is 0 Å². The maximum Gasteiger partial charge on any atom is 0.241 e. The number of carbonyl (C=O) groups is 2. The molecule has 2 aromatic heterocycles. The number of ether oxygens (including phenoxy) is 1. The van der Waals surface area contributed by atoms with Gasteiger partial charge in [-0.1, -0.05) is 18.2 Å². The van der Waals surface area contributed by atoms with Crippen LogP contribution in [0.1, 0.15) is 20.7 Å². The second-order valence-electron chi connectivity index (χ2n) is 6.59. The Hall–Kier alpha value is -3.25. The van der Waals surface area contributed by atoms with Gasteiger partial charge in [0.2, 0.25) is 11.5 Å². The molecule has 3 aromatic rings. The Kier molecular flexibility index (Phi) is 4.59. The van der Waals surface area contributed by atoms with E-state index >= 15 is 0 Å². The number of hydrogen-bond donors (Lipinski definition) is 4. The van der Waals surface area contributed by atoms with Gasteiger partial charge in [0.1, 0.15) is 42.8 Å². The molecule has 1 fully saturated rings. The smallest absolute Gasteiger partial charge is 0.241 e. The number of aldehydes is 1. The lowest BCUT2D eigenvalue weighted by Gasteiger charge is -2.32. The average Bonchev–Trinajstić information content (AvgIpc) is 3.29. The van der Waals surface area contributed by atoms with E-state index in [1.165, 1.54) is 30.6 Å². The molecular formula is C18H17N5O6. The molecule has 0 aliphatic carbocycles. The second-order valence-corrected chi connectivity index (χ2v) is 6.59. The number of fused-ring (bicyclic) bond motifs is 1. The van der Waals surface area contributed by atoms with Gasteiger partial charge in [0, 0.05) is 11.1 Å². The monoisotopic (exact) mass is 399 g/mol. The van der Waals surface area contributed by atoms with E-state index < -0.39 is 36.4 Å². The van der Waals surface area contributed by atoms with Crippen LogP contribution >= 0.6 is 0 Å². The molecule has 0 spiro atoms. The minimum Gasteiger partial charge on any atom is -0.394 e. The normalized spacial score (nSPS) is 26.7. The summed E-state index contributed by atoms with van der Waals surface area (Å²) < 4.78 is 6.89. The molecule has 1 saturated heterocycles. The summed E-state index contributed by atoms with van der Waals surface area (Å²) in [6, 6.07) is 5.77. The van der Waals surface area contributed by atoms with Gasteiger partial charge >= 0.3 is 0 Å². The number of benzene rings is 1. The van der Waals surface area contributed by atoms with Crippen molar-refractivity contribution < 1.29 is 29.6 Å². The molecule has 0 radical (unpaired) electrons. The summed E-state index contributed by atoms with van der Waals surface area (Å²) in [7, 11) is 0. The van der Waals surface area contributed by atoms with Crippen molar-refractivity contribution in [3.8, 4) is 0 Å². The number of aliphatic hydroxyl groups is 3. The van der Waals surface area contributed by atoms with Gasteiger partial charge in [-0.05, 0) is 6.07 Å². The summed E-state index contributed by atoms with van der Waals surface area (Å²) in [6.07, 6.45) is -1.69. The molecule has 150 valence electrons. The fraction of sp³-hybridized carbons (Fsp3) is 0.278. The Morgan fingerprint density at radius 1 is 1.31 bits per heavy atom. The standard InChI is InChI=1S/C18H17N5O6/c19-16-12-17(21-7-20-16)23(8-22-12)18(15(28)13(26)11(6-25)29-18)14(27)10-3-1-2-9(4-10)5-24/h1-5,7-8,11,13,15,25-26,28H,6H2,(H2,19,20,21)/t11-,13-,15-,18-/m1/s1. The minimum atomic E-state index is -2.20. The van der Waals surface area contributed by atoms with Crippen molar-refractivity contribution >= 4 is 29.1 Å². The number of rotatable bonds is 5. The Bertz CT molecular complexity index is 1100. The summed E-state index contributed by atoms with van der Waals surface area (Å²) in [5, 5.41) is 30.8. The molecule has 29 heavy (non-hydrogen) atoms. The Morgan fingerprint density at radius 2 is 2.10 bits per heavy atom. The first-order valence-electron chi connectivity index (χ1n) is 8.63. The molecular weight excluding hydrogens is 382 g/mol. The summed E-state index contributed by atoms with van der Waals surface area (Å²) in [6.45, 7) is -0.647. The van der Waals surface area contributed by atoms with Crippen molar-refractivity contribution in [1.29, 1.82) is 0 Å². The lowest BCUT2D eigenvalue weighted by Crippen LogP contribution is -2.51. The number of nitrogens with zero attached hydrogens (tertiary/aromatic N) is 4. The SMILES string of the molecule is Nc1ncnc2c1ncn2[C@]1(C(=O)c2cccc(C=O)c2)O[C@H](CO)[C@@H](O)[C@H]1O. The summed E-state index contributed by atoms with van der Waals surface area (Å²) in [5.41, 5.74) is 4.14. The number of aromatic nitrogens is 4. The number of hydrogen-bond acceptors (Lipinski definition) is 10. The van der Waals surface area contributed by atoms with E-state index in [2.05, 4.69) is 15.0 Å². The van der Waals surface area contributed by atoms with Gasteiger partial charge in [0.15, 0.2) is 11.5 Å². The fourth-order valence-corrected chi connectivity index (χ4v) is 3.50. The van der Waals surface area contributed by atoms with Crippen molar-refractivity contribution in [3.05, 3.63) is 48.0 Å². The lowest BCUT2D eigenvalue weighted by molar-refractivity contribution is -0.113. The second kappa shape index (κ2) is 6.97. The van der Waals surface area contributed by atoms with Crippen LogP contribution in [0.4, 0.5) is 5.82 Å². The van der Waals surface area contributed by atoms with E-state index in [1.807, 2.05) is 0 Å². The highest BCUT2D eigenvalue weighted by atomic mass is 16.6. The zero-order valence-corrected chi connectivity index (χ0v) is 14.9. The number of nitrogen functional groups attached to an aromatic ring is 1. The van der Waals surface area contributed by atoms with Gasteiger partial charge in [-0.15, -0.1) is 0 Å². The maximum atomic E-state index is 13.6. The first-order chi connectivity index (χ1) is 13.9. The van der Waals surface area contributed by atoms with Crippen LogP contribution in [-0.2, 0) is 10.5 Å².